The van der Waals surface area contributed by atoms with Gasteiger partial charge in [-0.15, -0.1) is 11.8 Å². The molecule has 140 valence electrons. The van der Waals surface area contributed by atoms with E-state index in [9.17, 15) is 18.3 Å². The molecule has 1 aliphatic carbocycles. The summed E-state index contributed by atoms with van der Waals surface area (Å²) in [5.41, 5.74) is 0.303. The lowest BCUT2D eigenvalue weighted by Crippen LogP contribution is -2.27. The molecule has 1 unspecified atom stereocenters. The second-order valence-electron chi connectivity index (χ2n) is 5.99. The molecule has 0 amide bonds. The minimum Gasteiger partial charge on any atom is -0.481 e. The maximum atomic E-state index is 11.4. The van der Waals surface area contributed by atoms with Crippen LogP contribution in [-0.2, 0) is 15.1 Å². The number of benzene rings is 1. The van der Waals surface area contributed by atoms with Crippen molar-refractivity contribution in [2.75, 3.05) is 26.4 Å². The topological polar surface area (TPSA) is 83.9 Å². The van der Waals surface area contributed by atoms with Crippen LogP contribution in [0.15, 0.2) is 52.6 Å². The van der Waals surface area contributed by atoms with Crippen LogP contribution in [-0.4, -0.2) is 55.7 Å². The minimum atomic E-state index is -2.63. The Balaban J connectivity index is 2.14. The molecule has 1 atom stereocenters. The predicted octanol–water partition coefficient (Wildman–Crippen LogP) is 2.32. The largest absolute Gasteiger partial charge is 0.481 e. The standard InChI is InChI=1S/C18H21NO5S2/c1-12-16(9-8-15(18(20)21)17(12)26(22)23)24-13-4-6-14(7-5-13)25-11-10-19(2)3/h4-9,15H,10-11H2,1-3H3,(H,20,21). The van der Waals surface area contributed by atoms with E-state index >= 15 is 0 Å². The van der Waals surface area contributed by atoms with Crippen LogP contribution >= 0.6 is 11.8 Å². The predicted molar refractivity (Wildman–Crippen MR) is 103 cm³/mol. The molecule has 0 aromatic heterocycles. The molecule has 8 heteroatoms. The average Bonchev–Trinajstić information content (AvgIpc) is 2.57. The number of carboxylic acids is 1. The lowest BCUT2D eigenvalue weighted by atomic mass is 9.94. The zero-order valence-electron chi connectivity index (χ0n) is 14.8. The van der Waals surface area contributed by atoms with Gasteiger partial charge < -0.3 is 14.7 Å². The Morgan fingerprint density at radius 1 is 1.27 bits per heavy atom. The van der Waals surface area contributed by atoms with Crippen molar-refractivity contribution >= 4 is 32.9 Å². The van der Waals surface area contributed by atoms with Crippen molar-refractivity contribution in [1.82, 2.24) is 4.90 Å². The average molecular weight is 396 g/mol. The van der Waals surface area contributed by atoms with Gasteiger partial charge in [0.2, 0.25) is 10.3 Å². The molecular weight excluding hydrogens is 374 g/mol. The summed E-state index contributed by atoms with van der Waals surface area (Å²) < 4.78 is 28.6. The molecule has 0 bridgehead atoms. The summed E-state index contributed by atoms with van der Waals surface area (Å²) in [6.45, 7) is 2.53. The van der Waals surface area contributed by atoms with Crippen LogP contribution in [0.4, 0.5) is 0 Å². The quantitative estimate of drug-likeness (QED) is 0.560. The highest BCUT2D eigenvalue weighted by Crippen LogP contribution is 2.26. The van der Waals surface area contributed by atoms with Gasteiger partial charge in [-0.3, -0.25) is 4.79 Å². The van der Waals surface area contributed by atoms with Crippen molar-refractivity contribution in [3.8, 4) is 5.75 Å². The van der Waals surface area contributed by atoms with Gasteiger partial charge in [-0.1, -0.05) is 6.08 Å². The number of aliphatic carboxylic acids is 1. The summed E-state index contributed by atoms with van der Waals surface area (Å²) in [6, 6.07) is 7.50. The van der Waals surface area contributed by atoms with E-state index in [1.54, 1.807) is 18.7 Å². The van der Waals surface area contributed by atoms with Crippen molar-refractivity contribution in [3.63, 3.8) is 0 Å². The number of hydrogen-bond acceptors (Lipinski definition) is 6. The van der Waals surface area contributed by atoms with Gasteiger partial charge in [0.25, 0.3) is 0 Å². The molecule has 0 radical (unpaired) electrons. The van der Waals surface area contributed by atoms with E-state index in [0.717, 1.165) is 17.2 Å². The molecule has 0 saturated carbocycles. The fraction of sp³-hybridized carbons (Fsp3) is 0.333. The first-order valence-electron chi connectivity index (χ1n) is 7.93. The molecule has 1 aliphatic rings. The summed E-state index contributed by atoms with van der Waals surface area (Å²) in [4.78, 5) is 14.3. The van der Waals surface area contributed by atoms with E-state index in [0.29, 0.717) is 17.1 Å². The number of thioether (sulfide) groups is 1. The second-order valence-corrected chi connectivity index (χ2v) is 8.07. The van der Waals surface area contributed by atoms with Gasteiger partial charge in [-0.25, -0.2) is 0 Å². The first kappa shape index (κ1) is 20.3. The lowest BCUT2D eigenvalue weighted by molar-refractivity contribution is -0.138. The van der Waals surface area contributed by atoms with Gasteiger partial charge in [0.1, 0.15) is 17.4 Å². The van der Waals surface area contributed by atoms with E-state index in [4.69, 9.17) is 4.74 Å². The zero-order valence-corrected chi connectivity index (χ0v) is 16.4. The Bertz CT molecular complexity index is 859. The van der Waals surface area contributed by atoms with Gasteiger partial charge in [0, 0.05) is 22.8 Å². The van der Waals surface area contributed by atoms with Crippen LogP contribution < -0.4 is 4.74 Å². The van der Waals surface area contributed by atoms with Gasteiger partial charge in [-0.2, -0.15) is 8.42 Å². The molecule has 6 nitrogen and oxygen atoms in total. The number of carboxylic acid groups (broad SMARTS) is 1. The molecule has 0 heterocycles. The van der Waals surface area contributed by atoms with Crippen molar-refractivity contribution in [3.05, 3.63) is 47.7 Å². The highest BCUT2D eigenvalue weighted by Gasteiger charge is 2.29. The first-order valence-corrected chi connectivity index (χ1v) is 9.99. The molecular formula is C18H21NO5S2. The number of nitrogens with zero attached hydrogens (tertiary/aromatic N) is 1. The summed E-state index contributed by atoms with van der Waals surface area (Å²) >= 11 is 1.74. The Hall–Kier alpha value is -2.03. The summed E-state index contributed by atoms with van der Waals surface area (Å²) in [7, 11) is 1.42. The number of rotatable bonds is 7. The maximum absolute atomic E-state index is 11.4. The van der Waals surface area contributed by atoms with Crippen LogP contribution in [0, 0.1) is 5.92 Å². The van der Waals surface area contributed by atoms with Gasteiger partial charge in [-0.05, 0) is 51.4 Å². The third-order valence-electron chi connectivity index (χ3n) is 3.77. The van der Waals surface area contributed by atoms with Crippen molar-refractivity contribution in [2.45, 2.75) is 11.8 Å². The normalized spacial score (nSPS) is 16.9. The van der Waals surface area contributed by atoms with Crippen molar-refractivity contribution in [2.24, 2.45) is 5.92 Å². The molecule has 0 aliphatic heterocycles. The maximum Gasteiger partial charge on any atom is 0.315 e. The third-order valence-corrected chi connectivity index (χ3v) is 5.68. The molecule has 1 N–H and O–H groups in total. The van der Waals surface area contributed by atoms with Crippen LogP contribution in [0.1, 0.15) is 6.92 Å². The SMILES string of the molecule is CC1=C(Oc2ccc(SCCN(C)C)cc2)C=CC(C(=O)O)C1=S(=O)=O. The molecule has 2 rings (SSSR count). The molecule has 1 aromatic carbocycles. The first-order chi connectivity index (χ1) is 12.3. The fourth-order valence-electron chi connectivity index (χ4n) is 2.36. The van der Waals surface area contributed by atoms with E-state index in [1.165, 1.54) is 12.2 Å². The van der Waals surface area contributed by atoms with Crippen LogP contribution in [0.25, 0.3) is 0 Å². The Morgan fingerprint density at radius 2 is 1.92 bits per heavy atom. The Kier molecular flexibility index (Phi) is 7.07. The molecule has 26 heavy (non-hydrogen) atoms. The number of hydrogen-bond donors (Lipinski definition) is 1. The molecule has 0 spiro atoms. The number of carbonyl (C=O) groups is 1. The molecule has 1 aromatic rings. The van der Waals surface area contributed by atoms with E-state index in [1.807, 2.05) is 38.4 Å². The van der Waals surface area contributed by atoms with Crippen LogP contribution in [0.3, 0.4) is 0 Å². The smallest absolute Gasteiger partial charge is 0.315 e. The molecule has 0 fully saturated rings. The van der Waals surface area contributed by atoms with Crippen molar-refractivity contribution in [1.29, 1.82) is 0 Å². The fourth-order valence-corrected chi connectivity index (χ4v) is 4.12. The number of ether oxygens (including phenoxy) is 1. The highest BCUT2D eigenvalue weighted by molar-refractivity contribution is 7.99. The summed E-state index contributed by atoms with van der Waals surface area (Å²) in [5, 5.41) is 9.17. The highest BCUT2D eigenvalue weighted by atomic mass is 32.2. The van der Waals surface area contributed by atoms with Crippen molar-refractivity contribution < 1.29 is 23.1 Å². The van der Waals surface area contributed by atoms with E-state index in [-0.39, 0.29) is 4.86 Å². The van der Waals surface area contributed by atoms with Gasteiger partial charge >= 0.3 is 5.97 Å². The number of allylic oxidation sites excluding steroid dienone is 2. The minimum absolute atomic E-state index is 0.175. The molecule has 0 saturated heterocycles. The van der Waals surface area contributed by atoms with Crippen LogP contribution in [0.2, 0.25) is 0 Å². The monoisotopic (exact) mass is 395 g/mol. The van der Waals surface area contributed by atoms with E-state index in [2.05, 4.69) is 4.90 Å². The Labute approximate surface area is 158 Å². The summed E-state index contributed by atoms with van der Waals surface area (Å²) in [5.74, 6) is -0.528. The van der Waals surface area contributed by atoms with Crippen LogP contribution in [0.5, 0.6) is 5.75 Å². The lowest BCUT2D eigenvalue weighted by Gasteiger charge is -2.18. The second kappa shape index (κ2) is 9.07. The van der Waals surface area contributed by atoms with Gasteiger partial charge in [0.05, 0.1) is 4.86 Å². The van der Waals surface area contributed by atoms with E-state index < -0.39 is 22.2 Å². The Morgan fingerprint density at radius 3 is 2.46 bits per heavy atom. The summed E-state index contributed by atoms with van der Waals surface area (Å²) in [6.07, 6.45) is 2.82. The van der Waals surface area contributed by atoms with Gasteiger partial charge in [0.15, 0.2) is 0 Å². The third kappa shape index (κ3) is 5.23. The zero-order chi connectivity index (χ0) is 19.3.